The first-order chi connectivity index (χ1) is 31.3. The normalized spacial score (nSPS) is 13.0. The third-order valence-electron chi connectivity index (χ3n) is 12.7. The average Bonchev–Trinajstić information content (AvgIpc) is 3.28. The van der Waals surface area contributed by atoms with Crippen molar-refractivity contribution in [2.45, 2.75) is 309 Å². The Labute approximate surface area is 397 Å². The molecule has 0 aromatic heterocycles. The number of esters is 2. The van der Waals surface area contributed by atoms with Crippen LogP contribution in [0.3, 0.4) is 0 Å². The molecule has 1 unspecified atom stereocenters. The summed E-state index contributed by atoms with van der Waals surface area (Å²) >= 11 is 0. The van der Waals surface area contributed by atoms with Crippen molar-refractivity contribution in [3.63, 3.8) is 0 Å². The van der Waals surface area contributed by atoms with Gasteiger partial charge in [-0.25, -0.2) is 4.57 Å². The molecule has 10 heteroatoms. The molecule has 0 heterocycles. The Morgan fingerprint density at radius 1 is 0.406 bits per heavy atom. The number of nitrogens with two attached hydrogens (primary N) is 1. The Balaban J connectivity index is 3.93. The zero-order chi connectivity index (χ0) is 46.7. The minimum absolute atomic E-state index is 0.0585. The summed E-state index contributed by atoms with van der Waals surface area (Å²) in [4.78, 5) is 35.1. The molecule has 0 rings (SSSR count). The number of unbranched alkanes of at least 4 members (excludes halogenated alkanes) is 41. The van der Waals surface area contributed by atoms with Crippen molar-refractivity contribution in [2.75, 3.05) is 26.4 Å². The molecule has 64 heavy (non-hydrogen) atoms. The molecular formula is C54H108NO8P. The first-order valence-corrected chi connectivity index (χ1v) is 29.5. The molecule has 0 aliphatic carbocycles. The van der Waals surface area contributed by atoms with E-state index in [1.165, 1.54) is 238 Å². The van der Waals surface area contributed by atoms with Crippen molar-refractivity contribution >= 4 is 19.8 Å². The van der Waals surface area contributed by atoms with Crippen molar-refractivity contribution in [3.8, 4) is 0 Å². The van der Waals surface area contributed by atoms with Crippen LogP contribution in [0.2, 0.25) is 0 Å². The lowest BCUT2D eigenvalue weighted by molar-refractivity contribution is -0.161. The van der Waals surface area contributed by atoms with E-state index >= 15 is 0 Å². The summed E-state index contributed by atoms with van der Waals surface area (Å²) in [5, 5.41) is 0. The lowest BCUT2D eigenvalue weighted by atomic mass is 10.0. The maximum absolute atomic E-state index is 12.7. The van der Waals surface area contributed by atoms with Gasteiger partial charge in [-0.3, -0.25) is 18.6 Å². The van der Waals surface area contributed by atoms with Crippen LogP contribution < -0.4 is 5.73 Å². The second-order valence-electron chi connectivity index (χ2n) is 19.2. The Bertz CT molecular complexity index is 1020. The predicted octanol–water partition coefficient (Wildman–Crippen LogP) is 17.1. The number of phosphoric ester groups is 1. The molecule has 0 bridgehead atoms. The molecule has 0 aliphatic heterocycles. The Morgan fingerprint density at radius 2 is 0.672 bits per heavy atom. The van der Waals surface area contributed by atoms with Gasteiger partial charge in [-0.15, -0.1) is 0 Å². The molecular weight excluding hydrogens is 822 g/mol. The van der Waals surface area contributed by atoms with Gasteiger partial charge in [0.1, 0.15) is 6.61 Å². The molecule has 0 aliphatic rings. The van der Waals surface area contributed by atoms with Gasteiger partial charge in [0.15, 0.2) is 6.10 Å². The van der Waals surface area contributed by atoms with E-state index in [1.54, 1.807) is 0 Å². The van der Waals surface area contributed by atoms with Gasteiger partial charge in [0, 0.05) is 19.4 Å². The minimum Gasteiger partial charge on any atom is -0.462 e. The number of hydrogen-bond acceptors (Lipinski definition) is 8. The fourth-order valence-electron chi connectivity index (χ4n) is 8.58. The van der Waals surface area contributed by atoms with Crippen molar-refractivity contribution < 1.29 is 37.6 Å². The molecule has 2 atom stereocenters. The SMILES string of the molecule is CCCCCCCCCCCCCCCCCCCCCCCCCC(=O)OC[C@H](COP(=O)(O)OCCN)OC(=O)CCCCCCCCCCCCCCCCCCCCCC. The quantitative estimate of drug-likeness (QED) is 0.0347. The van der Waals surface area contributed by atoms with Crippen LogP contribution in [0, 0.1) is 0 Å². The molecule has 382 valence electrons. The summed E-state index contributed by atoms with van der Waals surface area (Å²) in [6.45, 7) is 3.82. The van der Waals surface area contributed by atoms with E-state index < -0.39 is 26.5 Å². The highest BCUT2D eigenvalue weighted by molar-refractivity contribution is 7.47. The molecule has 0 aromatic rings. The third kappa shape index (κ3) is 50.4. The first-order valence-electron chi connectivity index (χ1n) is 28.0. The smallest absolute Gasteiger partial charge is 0.462 e. The minimum atomic E-state index is -4.38. The summed E-state index contributed by atoms with van der Waals surface area (Å²) in [5.41, 5.74) is 5.38. The topological polar surface area (TPSA) is 134 Å². The fraction of sp³-hybridized carbons (Fsp3) is 0.963. The average molecular weight is 930 g/mol. The molecule has 0 aromatic carbocycles. The van der Waals surface area contributed by atoms with Crippen LogP contribution in [-0.2, 0) is 32.7 Å². The molecule has 0 amide bonds. The fourth-order valence-corrected chi connectivity index (χ4v) is 9.35. The van der Waals surface area contributed by atoms with E-state index in [0.717, 1.165) is 32.1 Å². The van der Waals surface area contributed by atoms with Gasteiger partial charge in [-0.1, -0.05) is 277 Å². The zero-order valence-corrected chi connectivity index (χ0v) is 43.4. The van der Waals surface area contributed by atoms with E-state index in [0.29, 0.717) is 6.42 Å². The molecule has 0 saturated heterocycles. The van der Waals surface area contributed by atoms with Crippen molar-refractivity contribution in [1.82, 2.24) is 0 Å². The molecule has 3 N–H and O–H groups in total. The van der Waals surface area contributed by atoms with Crippen LogP contribution in [0.5, 0.6) is 0 Å². The van der Waals surface area contributed by atoms with Gasteiger partial charge in [0.05, 0.1) is 13.2 Å². The molecule has 0 spiro atoms. The Kier molecular flexibility index (Phi) is 50.6. The van der Waals surface area contributed by atoms with E-state index in [-0.39, 0.29) is 38.6 Å². The summed E-state index contributed by atoms with van der Waals surface area (Å²) in [6.07, 6.45) is 55.8. The van der Waals surface area contributed by atoms with Crippen molar-refractivity contribution in [3.05, 3.63) is 0 Å². The largest absolute Gasteiger partial charge is 0.472 e. The third-order valence-corrected chi connectivity index (χ3v) is 13.7. The highest BCUT2D eigenvalue weighted by atomic mass is 31.2. The highest BCUT2D eigenvalue weighted by Crippen LogP contribution is 2.43. The van der Waals surface area contributed by atoms with E-state index in [2.05, 4.69) is 13.8 Å². The van der Waals surface area contributed by atoms with Gasteiger partial charge in [-0.05, 0) is 12.8 Å². The monoisotopic (exact) mass is 930 g/mol. The van der Waals surface area contributed by atoms with E-state index in [9.17, 15) is 19.0 Å². The number of carbonyl (C=O) groups excluding carboxylic acids is 2. The molecule has 0 radical (unpaired) electrons. The summed E-state index contributed by atoms with van der Waals surface area (Å²) in [6, 6.07) is 0. The second-order valence-corrected chi connectivity index (χ2v) is 20.6. The van der Waals surface area contributed by atoms with Crippen LogP contribution in [-0.4, -0.2) is 49.3 Å². The van der Waals surface area contributed by atoms with Gasteiger partial charge < -0.3 is 20.1 Å². The van der Waals surface area contributed by atoms with E-state index in [1.807, 2.05) is 0 Å². The molecule has 0 fully saturated rings. The lowest BCUT2D eigenvalue weighted by Crippen LogP contribution is -2.29. The molecule has 0 saturated carbocycles. The van der Waals surface area contributed by atoms with Crippen LogP contribution in [0.25, 0.3) is 0 Å². The Morgan fingerprint density at radius 3 is 0.953 bits per heavy atom. The predicted molar refractivity (Wildman–Crippen MR) is 271 cm³/mol. The second kappa shape index (κ2) is 51.4. The van der Waals surface area contributed by atoms with Gasteiger partial charge in [-0.2, -0.15) is 0 Å². The number of rotatable bonds is 54. The molecule has 9 nitrogen and oxygen atoms in total. The van der Waals surface area contributed by atoms with Gasteiger partial charge in [0.25, 0.3) is 0 Å². The number of carbonyl (C=O) groups is 2. The summed E-state index contributed by atoms with van der Waals surface area (Å²) < 4.78 is 33.0. The number of phosphoric acid groups is 1. The highest BCUT2D eigenvalue weighted by Gasteiger charge is 2.26. The number of hydrogen-bond donors (Lipinski definition) is 2. The summed E-state index contributed by atoms with van der Waals surface area (Å²) in [5.74, 6) is -0.803. The van der Waals surface area contributed by atoms with Crippen LogP contribution in [0.15, 0.2) is 0 Å². The summed E-state index contributed by atoms with van der Waals surface area (Å²) in [7, 11) is -4.38. The standard InChI is InChI=1S/C54H108NO8P/c1-3-5-7-9-11-13-15-17-19-21-23-25-26-27-29-30-32-34-36-38-40-42-44-46-53(56)60-50-52(51-62-64(58,59)61-49-48-55)63-54(57)47-45-43-41-39-37-35-33-31-28-24-22-20-18-16-14-12-10-8-6-4-2/h52H,3-51,55H2,1-2H3,(H,58,59)/t52-/m1/s1. The van der Waals surface area contributed by atoms with E-state index in [4.69, 9.17) is 24.3 Å². The van der Waals surface area contributed by atoms with Gasteiger partial charge >= 0.3 is 19.8 Å². The van der Waals surface area contributed by atoms with Crippen molar-refractivity contribution in [2.24, 2.45) is 5.73 Å². The zero-order valence-electron chi connectivity index (χ0n) is 42.6. The maximum Gasteiger partial charge on any atom is 0.472 e. The lowest BCUT2D eigenvalue weighted by Gasteiger charge is -2.19. The maximum atomic E-state index is 12.7. The van der Waals surface area contributed by atoms with Crippen LogP contribution in [0.4, 0.5) is 0 Å². The number of ether oxygens (including phenoxy) is 2. The first kappa shape index (κ1) is 63.0. The Hall–Kier alpha value is -0.990. The van der Waals surface area contributed by atoms with Crippen molar-refractivity contribution in [1.29, 1.82) is 0 Å². The van der Waals surface area contributed by atoms with Crippen LogP contribution >= 0.6 is 7.82 Å². The van der Waals surface area contributed by atoms with Gasteiger partial charge in [0.2, 0.25) is 0 Å². The van der Waals surface area contributed by atoms with Crippen LogP contribution in [0.1, 0.15) is 303 Å².